The Morgan fingerprint density at radius 1 is 0.897 bits per heavy atom. The monoisotopic (exact) mass is 510 g/mol. The number of anilines is 2. The van der Waals surface area contributed by atoms with Crippen molar-refractivity contribution in [3.8, 4) is 22.6 Å². The Labute approximate surface area is 229 Å². The van der Waals surface area contributed by atoms with Gasteiger partial charge in [-0.3, -0.25) is 0 Å². The maximum absolute atomic E-state index is 6.70. The van der Waals surface area contributed by atoms with Crippen LogP contribution in [-0.4, -0.2) is 14.8 Å². The van der Waals surface area contributed by atoms with Crippen LogP contribution in [0.25, 0.3) is 22.4 Å². The smallest absolute Gasteiger partial charge is 0.173 e. The van der Waals surface area contributed by atoms with Crippen molar-refractivity contribution >= 4 is 17.1 Å². The molecular weight excluding hydrogens is 480 g/mol. The van der Waals surface area contributed by atoms with Gasteiger partial charge in [-0.25, -0.2) is 9.67 Å². The summed E-state index contributed by atoms with van der Waals surface area (Å²) in [5, 5.41) is 6.50. The number of hydrogen-bond donors (Lipinski definition) is 0. The fourth-order valence-corrected chi connectivity index (χ4v) is 5.27. The Bertz CT molecular complexity index is 1700. The SMILES string of the molecule is C=C/C=C(\C)c1cccc2c1N(Oc1cccc(-n3cc(-c4ccccc4)cn3)c1)c1ncccc1C2(C)C. The van der Waals surface area contributed by atoms with E-state index in [-0.39, 0.29) is 5.41 Å². The van der Waals surface area contributed by atoms with Crippen molar-refractivity contribution in [1.82, 2.24) is 14.8 Å². The molecule has 0 aliphatic carbocycles. The lowest BCUT2D eigenvalue weighted by Gasteiger charge is -2.41. The predicted molar refractivity (Wildman–Crippen MR) is 158 cm³/mol. The molecule has 5 heteroatoms. The molecule has 1 aliphatic heterocycles. The second kappa shape index (κ2) is 9.76. The lowest BCUT2D eigenvalue weighted by atomic mass is 9.74. The maximum Gasteiger partial charge on any atom is 0.173 e. The van der Waals surface area contributed by atoms with E-state index in [1.54, 1.807) is 0 Å². The molecule has 0 radical (unpaired) electrons. The Balaban J connectivity index is 1.44. The number of pyridine rings is 1. The third-order valence-electron chi connectivity index (χ3n) is 7.33. The van der Waals surface area contributed by atoms with Gasteiger partial charge in [0.1, 0.15) is 0 Å². The summed E-state index contributed by atoms with van der Waals surface area (Å²) < 4.78 is 1.87. The van der Waals surface area contributed by atoms with Crippen LogP contribution in [0.1, 0.15) is 37.5 Å². The van der Waals surface area contributed by atoms with E-state index in [1.165, 1.54) is 5.56 Å². The zero-order valence-electron chi connectivity index (χ0n) is 22.4. The molecule has 5 nitrogen and oxygen atoms in total. The van der Waals surface area contributed by atoms with Crippen molar-refractivity contribution in [2.24, 2.45) is 0 Å². The first-order valence-electron chi connectivity index (χ1n) is 13.0. The van der Waals surface area contributed by atoms with Crippen LogP contribution in [0.5, 0.6) is 5.75 Å². The quantitative estimate of drug-likeness (QED) is 0.216. The third kappa shape index (κ3) is 4.32. The zero-order chi connectivity index (χ0) is 27.0. The standard InChI is InChI=1S/C34H30N4O/c1-5-12-24(2)29-17-10-18-30-32(29)38(33-31(34(30,3)4)19-11-20-35-33)39-28-16-9-15-27(21-28)37-23-26(22-36-37)25-13-7-6-8-14-25/h5-23H,1H2,2-4H3/b24-12+. The molecule has 192 valence electrons. The highest BCUT2D eigenvalue weighted by atomic mass is 16.7. The van der Waals surface area contributed by atoms with E-state index in [0.717, 1.165) is 45.0 Å². The number of benzene rings is 3. The van der Waals surface area contributed by atoms with Crippen LogP contribution in [0.4, 0.5) is 11.5 Å². The van der Waals surface area contributed by atoms with Gasteiger partial charge < -0.3 is 4.84 Å². The predicted octanol–water partition coefficient (Wildman–Crippen LogP) is 8.30. The van der Waals surface area contributed by atoms with Crippen LogP contribution >= 0.6 is 0 Å². The lowest BCUT2D eigenvalue weighted by Crippen LogP contribution is -2.36. The number of allylic oxidation sites excluding steroid dienone is 3. The molecule has 39 heavy (non-hydrogen) atoms. The van der Waals surface area contributed by atoms with Gasteiger partial charge >= 0.3 is 0 Å². The van der Waals surface area contributed by atoms with Crippen LogP contribution in [0.15, 0.2) is 122 Å². The van der Waals surface area contributed by atoms with Crippen molar-refractivity contribution in [3.05, 3.63) is 139 Å². The summed E-state index contributed by atoms with van der Waals surface area (Å²) in [4.78, 5) is 11.5. The Morgan fingerprint density at radius 3 is 2.51 bits per heavy atom. The average molecular weight is 511 g/mol. The molecule has 6 rings (SSSR count). The molecule has 0 bridgehead atoms. The fourth-order valence-electron chi connectivity index (χ4n) is 5.27. The van der Waals surface area contributed by atoms with E-state index in [1.807, 2.05) is 89.0 Å². The summed E-state index contributed by atoms with van der Waals surface area (Å²) in [5.41, 5.74) is 8.28. The number of nitrogens with zero attached hydrogens (tertiary/aromatic N) is 4. The van der Waals surface area contributed by atoms with Crippen LogP contribution < -0.4 is 9.90 Å². The molecule has 1 aliphatic rings. The van der Waals surface area contributed by atoms with Crippen molar-refractivity contribution in [1.29, 1.82) is 0 Å². The number of rotatable bonds is 6. The van der Waals surface area contributed by atoms with Gasteiger partial charge in [0.2, 0.25) is 0 Å². The second-order valence-corrected chi connectivity index (χ2v) is 10.2. The number of fused-ring (bicyclic) bond motifs is 2. The normalized spacial score (nSPS) is 13.9. The van der Waals surface area contributed by atoms with Gasteiger partial charge in [-0.1, -0.05) is 93.2 Å². The first-order valence-corrected chi connectivity index (χ1v) is 13.0. The topological polar surface area (TPSA) is 43.2 Å². The van der Waals surface area contributed by atoms with Crippen molar-refractivity contribution in [3.63, 3.8) is 0 Å². The molecule has 0 unspecified atom stereocenters. The van der Waals surface area contributed by atoms with E-state index < -0.39 is 0 Å². The summed E-state index contributed by atoms with van der Waals surface area (Å²) in [7, 11) is 0. The average Bonchev–Trinajstić information content (AvgIpc) is 3.47. The molecule has 0 saturated heterocycles. The van der Waals surface area contributed by atoms with Crippen molar-refractivity contribution < 1.29 is 4.84 Å². The summed E-state index contributed by atoms with van der Waals surface area (Å²) in [6.45, 7) is 10.5. The van der Waals surface area contributed by atoms with Gasteiger partial charge in [-0.2, -0.15) is 10.2 Å². The minimum absolute atomic E-state index is 0.256. The van der Waals surface area contributed by atoms with Gasteiger partial charge in [0.15, 0.2) is 11.6 Å². The summed E-state index contributed by atoms with van der Waals surface area (Å²) >= 11 is 0. The number of aromatic nitrogens is 3. The highest BCUT2D eigenvalue weighted by Crippen LogP contribution is 2.50. The largest absolute Gasteiger partial charge is 0.373 e. The molecular formula is C34H30N4O. The molecule has 3 heterocycles. The van der Waals surface area contributed by atoms with Gasteiger partial charge in [0.25, 0.3) is 0 Å². The van der Waals surface area contributed by atoms with Crippen LogP contribution in [-0.2, 0) is 5.41 Å². The molecule has 0 N–H and O–H groups in total. The fraction of sp³-hybridized carbons (Fsp3) is 0.118. The number of para-hydroxylation sites is 1. The minimum Gasteiger partial charge on any atom is -0.373 e. The van der Waals surface area contributed by atoms with E-state index in [0.29, 0.717) is 5.75 Å². The van der Waals surface area contributed by atoms with E-state index in [2.05, 4.69) is 68.8 Å². The van der Waals surface area contributed by atoms with Gasteiger partial charge in [-0.05, 0) is 41.8 Å². The van der Waals surface area contributed by atoms with Crippen LogP contribution in [0, 0.1) is 0 Å². The van der Waals surface area contributed by atoms with Crippen molar-refractivity contribution in [2.45, 2.75) is 26.2 Å². The van der Waals surface area contributed by atoms with Crippen LogP contribution in [0.3, 0.4) is 0 Å². The van der Waals surface area contributed by atoms with Crippen LogP contribution in [0.2, 0.25) is 0 Å². The second-order valence-electron chi connectivity index (χ2n) is 10.2. The van der Waals surface area contributed by atoms with Crippen molar-refractivity contribution in [2.75, 3.05) is 5.06 Å². The Hall–Kier alpha value is -4.90. The number of hydrogen-bond acceptors (Lipinski definition) is 4. The van der Waals surface area contributed by atoms with E-state index in [9.17, 15) is 0 Å². The maximum atomic E-state index is 6.70. The third-order valence-corrected chi connectivity index (χ3v) is 7.33. The molecule has 5 aromatic rings. The summed E-state index contributed by atoms with van der Waals surface area (Å²) in [6, 6.07) is 28.7. The summed E-state index contributed by atoms with van der Waals surface area (Å²) in [6.07, 6.45) is 9.57. The highest BCUT2D eigenvalue weighted by Gasteiger charge is 2.39. The molecule has 0 amide bonds. The first-order chi connectivity index (χ1) is 19.0. The molecule has 2 aromatic heterocycles. The van der Waals surface area contributed by atoms with Gasteiger partial charge in [0.05, 0.1) is 17.6 Å². The van der Waals surface area contributed by atoms with E-state index in [4.69, 9.17) is 9.82 Å². The Morgan fingerprint density at radius 2 is 1.69 bits per heavy atom. The lowest BCUT2D eigenvalue weighted by molar-refractivity contribution is 0.311. The molecule has 0 spiro atoms. The summed E-state index contributed by atoms with van der Waals surface area (Å²) in [5.74, 6) is 1.47. The van der Waals surface area contributed by atoms with E-state index >= 15 is 0 Å². The molecule has 0 atom stereocenters. The highest BCUT2D eigenvalue weighted by molar-refractivity contribution is 5.85. The van der Waals surface area contributed by atoms with Gasteiger partial charge in [-0.15, -0.1) is 0 Å². The first kappa shape index (κ1) is 24.4. The van der Waals surface area contributed by atoms with Gasteiger partial charge in [0, 0.05) is 40.6 Å². The Kier molecular flexibility index (Phi) is 6.12. The molecule has 0 saturated carbocycles. The molecule has 0 fully saturated rings. The zero-order valence-corrected chi connectivity index (χ0v) is 22.4. The minimum atomic E-state index is -0.256. The molecule has 3 aromatic carbocycles.